The number of halogens is 2. The van der Waals surface area contributed by atoms with E-state index in [0.29, 0.717) is 23.4 Å². The summed E-state index contributed by atoms with van der Waals surface area (Å²) in [6.07, 6.45) is 4.94. The van der Waals surface area contributed by atoms with Crippen LogP contribution in [0.2, 0.25) is 0 Å². The van der Waals surface area contributed by atoms with Crippen molar-refractivity contribution in [2.45, 2.75) is 69.3 Å². The maximum absolute atomic E-state index is 13.2. The van der Waals surface area contributed by atoms with Gasteiger partial charge in [0.25, 0.3) is 5.91 Å². The Hall–Kier alpha value is -1.99. The number of nitrogens with zero attached hydrogens (tertiary/aromatic N) is 1. The largest absolute Gasteiger partial charge is 0.463 e. The van der Waals surface area contributed by atoms with E-state index in [1.54, 1.807) is 0 Å². The van der Waals surface area contributed by atoms with Gasteiger partial charge in [-0.2, -0.15) is 4.98 Å². The lowest BCUT2D eigenvalue weighted by Crippen LogP contribution is -2.57. The van der Waals surface area contributed by atoms with E-state index in [-0.39, 0.29) is 24.1 Å². The molecule has 1 aromatic rings. The zero-order valence-corrected chi connectivity index (χ0v) is 15.6. The monoisotopic (exact) mass is 393 g/mol. The van der Waals surface area contributed by atoms with Crippen LogP contribution < -0.4 is 16.2 Å². The molecule has 0 radical (unpaired) electrons. The molecule has 0 saturated heterocycles. The molecule has 0 spiro atoms. The Kier molecular flexibility index (Phi) is 3.87. The standard InChI is InChI=1S/C20H25F2N3O3/c21-20(22)8-13(9-20)14-4-15(25-18(27)24-14)28-16(17(23)26)19-5-10-1-11(6-19)3-12(2-10)7-19/h4,10-13,16H,1-3,5-9H2,(H2,23,26)(H,24,25,27). The molecule has 6 rings (SSSR count). The second-order valence-corrected chi connectivity index (χ2v) is 9.62. The number of aromatic amines is 1. The summed E-state index contributed by atoms with van der Waals surface area (Å²) in [5.41, 5.74) is 5.17. The summed E-state index contributed by atoms with van der Waals surface area (Å²) in [5.74, 6) is -1.83. The quantitative estimate of drug-likeness (QED) is 0.804. The van der Waals surface area contributed by atoms with Gasteiger partial charge in [-0.3, -0.25) is 4.79 Å². The summed E-state index contributed by atoms with van der Waals surface area (Å²) in [7, 11) is 0. The van der Waals surface area contributed by atoms with Gasteiger partial charge >= 0.3 is 5.69 Å². The molecule has 6 nitrogen and oxygen atoms in total. The van der Waals surface area contributed by atoms with Gasteiger partial charge < -0.3 is 15.5 Å². The van der Waals surface area contributed by atoms with Crippen molar-refractivity contribution in [1.82, 2.24) is 9.97 Å². The molecule has 1 atom stereocenters. The number of ether oxygens (including phenoxy) is 1. The summed E-state index contributed by atoms with van der Waals surface area (Å²) in [5, 5.41) is 0. The fourth-order valence-electron chi connectivity index (χ4n) is 6.72. The maximum Gasteiger partial charge on any atom is 0.348 e. The van der Waals surface area contributed by atoms with E-state index < -0.39 is 29.5 Å². The van der Waals surface area contributed by atoms with E-state index in [9.17, 15) is 18.4 Å². The summed E-state index contributed by atoms with van der Waals surface area (Å²) in [6, 6.07) is 1.48. The summed E-state index contributed by atoms with van der Waals surface area (Å²) in [6.45, 7) is 0. The van der Waals surface area contributed by atoms with Gasteiger partial charge in [0.2, 0.25) is 11.8 Å². The number of aromatic nitrogens is 2. The highest BCUT2D eigenvalue weighted by Crippen LogP contribution is 2.61. The van der Waals surface area contributed by atoms with E-state index >= 15 is 0 Å². The number of alkyl halides is 2. The molecule has 1 aromatic heterocycles. The number of hydrogen-bond acceptors (Lipinski definition) is 4. The smallest absolute Gasteiger partial charge is 0.348 e. The molecular formula is C20H25F2N3O3. The van der Waals surface area contributed by atoms with E-state index in [1.807, 2.05) is 0 Å². The lowest BCUT2D eigenvalue weighted by Gasteiger charge is -2.58. The van der Waals surface area contributed by atoms with Crippen LogP contribution in [0.15, 0.2) is 10.9 Å². The minimum absolute atomic E-state index is 0.00788. The van der Waals surface area contributed by atoms with Crippen LogP contribution in [0, 0.1) is 23.2 Å². The van der Waals surface area contributed by atoms with E-state index in [4.69, 9.17) is 10.5 Å². The zero-order chi connectivity index (χ0) is 19.7. The van der Waals surface area contributed by atoms with Gasteiger partial charge in [0.05, 0.1) is 0 Å². The van der Waals surface area contributed by atoms with Crippen LogP contribution in [-0.2, 0) is 4.79 Å². The first-order valence-corrected chi connectivity index (χ1v) is 10.2. The van der Waals surface area contributed by atoms with Gasteiger partial charge in [0, 0.05) is 35.9 Å². The van der Waals surface area contributed by atoms with Crippen LogP contribution in [-0.4, -0.2) is 27.9 Å². The number of nitrogens with two attached hydrogens (primary N) is 1. The van der Waals surface area contributed by atoms with Crippen molar-refractivity contribution < 1.29 is 18.3 Å². The second-order valence-electron chi connectivity index (χ2n) is 9.62. The summed E-state index contributed by atoms with van der Waals surface area (Å²) in [4.78, 5) is 30.7. The number of primary amides is 1. The Balaban J connectivity index is 1.41. The second kappa shape index (κ2) is 6.00. The predicted octanol–water partition coefficient (Wildman–Crippen LogP) is 2.73. The molecule has 5 aliphatic rings. The first-order chi connectivity index (χ1) is 13.2. The van der Waals surface area contributed by atoms with Crippen LogP contribution in [0.25, 0.3) is 0 Å². The molecule has 0 aliphatic heterocycles. The van der Waals surface area contributed by atoms with Crippen molar-refractivity contribution in [2.75, 3.05) is 0 Å². The predicted molar refractivity (Wildman–Crippen MR) is 96.0 cm³/mol. The molecule has 4 bridgehead atoms. The molecule has 5 fully saturated rings. The lowest BCUT2D eigenvalue weighted by atomic mass is 9.48. The third kappa shape index (κ3) is 3.01. The normalized spacial score (nSPS) is 36.7. The van der Waals surface area contributed by atoms with E-state index in [0.717, 1.165) is 19.3 Å². The summed E-state index contributed by atoms with van der Waals surface area (Å²) < 4.78 is 32.4. The number of carbonyl (C=O) groups excluding carboxylic acids is 1. The topological polar surface area (TPSA) is 98.1 Å². The minimum Gasteiger partial charge on any atom is -0.463 e. The van der Waals surface area contributed by atoms with Gasteiger partial charge in [0.1, 0.15) is 0 Å². The number of nitrogens with one attached hydrogen (secondary N) is 1. The van der Waals surface area contributed by atoms with Crippen LogP contribution >= 0.6 is 0 Å². The average Bonchev–Trinajstić information content (AvgIpc) is 2.55. The van der Waals surface area contributed by atoms with Crippen molar-refractivity contribution in [3.8, 4) is 5.88 Å². The van der Waals surface area contributed by atoms with Crippen LogP contribution in [0.3, 0.4) is 0 Å². The lowest BCUT2D eigenvalue weighted by molar-refractivity contribution is -0.148. The van der Waals surface area contributed by atoms with Crippen molar-refractivity contribution >= 4 is 5.91 Å². The molecule has 1 amide bonds. The maximum atomic E-state index is 13.2. The highest BCUT2D eigenvalue weighted by molar-refractivity contribution is 5.80. The first-order valence-electron chi connectivity index (χ1n) is 10.2. The minimum atomic E-state index is -2.69. The molecule has 0 aromatic carbocycles. The zero-order valence-electron chi connectivity index (χ0n) is 15.6. The van der Waals surface area contributed by atoms with Crippen molar-refractivity contribution in [3.63, 3.8) is 0 Å². The number of hydrogen-bond donors (Lipinski definition) is 2. The van der Waals surface area contributed by atoms with Crippen LogP contribution in [0.4, 0.5) is 8.78 Å². The van der Waals surface area contributed by atoms with Gasteiger partial charge in [-0.15, -0.1) is 0 Å². The third-order valence-electron chi connectivity index (χ3n) is 7.41. The number of H-pyrrole nitrogens is 1. The summed E-state index contributed by atoms with van der Waals surface area (Å²) >= 11 is 0. The Labute approximate surface area is 161 Å². The Morgan fingerprint density at radius 1 is 1.14 bits per heavy atom. The number of carbonyl (C=O) groups is 1. The fourth-order valence-corrected chi connectivity index (χ4v) is 6.72. The first kappa shape index (κ1) is 18.1. The molecule has 5 saturated carbocycles. The van der Waals surface area contributed by atoms with Gasteiger partial charge in [-0.1, -0.05) is 0 Å². The van der Waals surface area contributed by atoms with Gasteiger partial charge in [0.15, 0.2) is 6.10 Å². The highest BCUT2D eigenvalue weighted by Gasteiger charge is 2.57. The molecule has 8 heteroatoms. The van der Waals surface area contributed by atoms with Crippen LogP contribution in [0.5, 0.6) is 5.88 Å². The fraction of sp³-hybridized carbons (Fsp3) is 0.750. The molecule has 5 aliphatic carbocycles. The Bertz CT molecular complexity index is 825. The Morgan fingerprint density at radius 3 is 2.21 bits per heavy atom. The van der Waals surface area contributed by atoms with Crippen molar-refractivity contribution in [2.24, 2.45) is 28.9 Å². The number of amides is 1. The Morgan fingerprint density at radius 2 is 1.71 bits per heavy atom. The molecule has 1 heterocycles. The van der Waals surface area contributed by atoms with Gasteiger partial charge in [-0.05, 0) is 56.3 Å². The van der Waals surface area contributed by atoms with Crippen molar-refractivity contribution in [3.05, 3.63) is 22.2 Å². The van der Waals surface area contributed by atoms with E-state index in [2.05, 4.69) is 9.97 Å². The molecule has 152 valence electrons. The molecule has 1 unspecified atom stereocenters. The molecule has 3 N–H and O–H groups in total. The average molecular weight is 393 g/mol. The molecule has 28 heavy (non-hydrogen) atoms. The number of rotatable bonds is 5. The van der Waals surface area contributed by atoms with Crippen molar-refractivity contribution in [1.29, 1.82) is 0 Å². The molecular weight excluding hydrogens is 368 g/mol. The SMILES string of the molecule is NC(=O)C(Oc1cc(C2CC(F)(F)C2)[nH]c(=O)n1)C12CC3CC(CC(C3)C1)C2. The van der Waals surface area contributed by atoms with Gasteiger partial charge in [-0.25, -0.2) is 13.6 Å². The van der Waals surface area contributed by atoms with Crippen LogP contribution in [0.1, 0.15) is 63.0 Å². The third-order valence-corrected chi connectivity index (χ3v) is 7.41. The highest BCUT2D eigenvalue weighted by atomic mass is 19.3. The van der Waals surface area contributed by atoms with E-state index in [1.165, 1.54) is 25.3 Å².